The molecule has 0 aromatic heterocycles. The van der Waals surface area contributed by atoms with Crippen molar-refractivity contribution in [3.05, 3.63) is 35.4 Å². The third-order valence-corrected chi connectivity index (χ3v) is 2.57. The zero-order chi connectivity index (χ0) is 15.3. The Kier molecular flexibility index (Phi) is 5.31. The third kappa shape index (κ3) is 4.42. The number of hydrogen-bond acceptors (Lipinski definition) is 3. The maximum atomic E-state index is 12.9. The van der Waals surface area contributed by atoms with Crippen molar-refractivity contribution in [2.45, 2.75) is 25.8 Å². The van der Waals surface area contributed by atoms with Crippen LogP contribution in [-0.2, 0) is 9.59 Å². The summed E-state index contributed by atoms with van der Waals surface area (Å²) in [5.41, 5.74) is -0.0389. The predicted molar refractivity (Wildman–Crippen MR) is 65.2 cm³/mol. The van der Waals surface area contributed by atoms with Gasteiger partial charge in [-0.3, -0.25) is 14.4 Å². The van der Waals surface area contributed by atoms with Crippen LogP contribution in [0.2, 0.25) is 0 Å². The molecular weight excluding hydrogens is 272 g/mol. The zero-order valence-corrected chi connectivity index (χ0v) is 10.7. The molecule has 1 amide bonds. The Morgan fingerprint density at radius 3 is 2.40 bits per heavy atom. The van der Waals surface area contributed by atoms with Crippen LogP contribution < -0.4 is 5.32 Å². The molecule has 2 N–H and O–H groups in total. The number of aliphatic carboxylic acids is 1. The summed E-state index contributed by atoms with van der Waals surface area (Å²) >= 11 is 0. The molecule has 1 rings (SSSR count). The molecule has 0 fully saturated rings. The van der Waals surface area contributed by atoms with Gasteiger partial charge in [-0.05, 0) is 25.1 Å². The van der Waals surface area contributed by atoms with E-state index >= 15 is 0 Å². The minimum atomic E-state index is -1.19. The minimum Gasteiger partial charge on any atom is -0.480 e. The highest BCUT2D eigenvalue weighted by Crippen LogP contribution is 2.11. The van der Waals surface area contributed by atoms with Crippen LogP contribution in [0.1, 0.15) is 30.1 Å². The normalized spacial score (nSPS) is 11.8. The summed E-state index contributed by atoms with van der Waals surface area (Å²) in [7, 11) is 0. The van der Waals surface area contributed by atoms with Crippen molar-refractivity contribution in [1.82, 2.24) is 5.32 Å². The van der Waals surface area contributed by atoms with Gasteiger partial charge in [0.2, 0.25) is 5.91 Å². The first-order chi connectivity index (χ1) is 9.31. The summed E-state index contributed by atoms with van der Waals surface area (Å²) in [5, 5.41) is 10.8. The Morgan fingerprint density at radius 2 is 1.85 bits per heavy atom. The number of Topliss-reactive ketones (excluding diaryl/α,β-unsaturated/α-hetero) is 1. The van der Waals surface area contributed by atoms with Gasteiger partial charge in [-0.15, -0.1) is 0 Å². The number of carbonyl (C=O) groups is 3. The number of amides is 1. The summed E-state index contributed by atoms with van der Waals surface area (Å²) in [6.45, 7) is 1.29. The molecule has 5 nitrogen and oxygen atoms in total. The van der Waals surface area contributed by atoms with Gasteiger partial charge in [0, 0.05) is 18.4 Å². The van der Waals surface area contributed by atoms with Crippen LogP contribution in [0.5, 0.6) is 0 Å². The van der Waals surface area contributed by atoms with E-state index in [4.69, 9.17) is 5.11 Å². The Hall–Kier alpha value is -2.31. The minimum absolute atomic E-state index is 0.0389. The van der Waals surface area contributed by atoms with E-state index < -0.39 is 35.3 Å². The van der Waals surface area contributed by atoms with Crippen LogP contribution in [0.25, 0.3) is 0 Å². The Labute approximate surface area is 113 Å². The topological polar surface area (TPSA) is 83.5 Å². The number of benzene rings is 1. The molecule has 20 heavy (non-hydrogen) atoms. The summed E-state index contributed by atoms with van der Waals surface area (Å²) in [4.78, 5) is 33.5. The van der Waals surface area contributed by atoms with E-state index in [0.29, 0.717) is 0 Å². The van der Waals surface area contributed by atoms with E-state index in [0.717, 1.165) is 18.2 Å². The number of halogens is 2. The first-order valence-corrected chi connectivity index (χ1v) is 5.81. The molecule has 108 valence electrons. The largest absolute Gasteiger partial charge is 0.480 e. The van der Waals surface area contributed by atoms with Crippen molar-refractivity contribution < 1.29 is 28.3 Å². The number of carboxylic acids is 1. The smallest absolute Gasteiger partial charge is 0.325 e. The van der Waals surface area contributed by atoms with E-state index in [1.807, 2.05) is 0 Å². The van der Waals surface area contributed by atoms with Gasteiger partial charge < -0.3 is 10.4 Å². The number of carboxylic acid groups (broad SMARTS) is 1. The van der Waals surface area contributed by atoms with E-state index in [2.05, 4.69) is 5.32 Å². The average molecular weight is 285 g/mol. The molecule has 0 heterocycles. The van der Waals surface area contributed by atoms with Crippen LogP contribution in [-0.4, -0.2) is 28.8 Å². The fourth-order valence-electron chi connectivity index (χ4n) is 1.42. The van der Waals surface area contributed by atoms with E-state index in [1.165, 1.54) is 6.92 Å². The predicted octanol–water partition coefficient (Wildman–Crippen LogP) is 1.52. The number of rotatable bonds is 6. The SMILES string of the molecule is C[C@@H](NC(=O)CCC(=O)c1ccc(F)c(F)c1)C(=O)O. The molecule has 0 saturated heterocycles. The molecule has 1 aromatic carbocycles. The van der Waals surface area contributed by atoms with Gasteiger partial charge in [0.1, 0.15) is 6.04 Å². The standard InChI is InChI=1S/C13H13F2NO4/c1-7(13(19)20)16-12(18)5-4-11(17)8-2-3-9(14)10(15)6-8/h2-3,6-7H,4-5H2,1H3,(H,16,18)(H,19,20)/t7-/m1/s1. The summed E-state index contributed by atoms with van der Waals surface area (Å²) in [6.07, 6.45) is -0.446. The number of nitrogens with one attached hydrogen (secondary N) is 1. The average Bonchev–Trinajstić information content (AvgIpc) is 2.39. The molecule has 0 aliphatic heterocycles. The van der Waals surface area contributed by atoms with Gasteiger partial charge in [-0.1, -0.05) is 0 Å². The van der Waals surface area contributed by atoms with Gasteiger partial charge in [-0.2, -0.15) is 0 Å². The summed E-state index contributed by atoms with van der Waals surface area (Å²) < 4.78 is 25.6. The molecular formula is C13H13F2NO4. The monoisotopic (exact) mass is 285 g/mol. The van der Waals surface area contributed by atoms with Crippen molar-refractivity contribution in [2.24, 2.45) is 0 Å². The highest BCUT2D eigenvalue weighted by Gasteiger charge is 2.16. The first kappa shape index (κ1) is 15.7. The first-order valence-electron chi connectivity index (χ1n) is 5.81. The second-order valence-electron chi connectivity index (χ2n) is 4.18. The second-order valence-corrected chi connectivity index (χ2v) is 4.18. The van der Waals surface area contributed by atoms with E-state index in [-0.39, 0.29) is 18.4 Å². The van der Waals surface area contributed by atoms with Crippen molar-refractivity contribution >= 4 is 17.7 Å². The van der Waals surface area contributed by atoms with Crippen LogP contribution in [0, 0.1) is 11.6 Å². The van der Waals surface area contributed by atoms with Crippen LogP contribution in [0.4, 0.5) is 8.78 Å². The highest BCUT2D eigenvalue weighted by molar-refractivity contribution is 5.98. The van der Waals surface area contributed by atoms with Gasteiger partial charge in [0.05, 0.1) is 0 Å². The van der Waals surface area contributed by atoms with E-state index in [9.17, 15) is 23.2 Å². The molecule has 1 aromatic rings. The number of ketones is 1. The van der Waals surface area contributed by atoms with Crippen LogP contribution in [0.3, 0.4) is 0 Å². The maximum absolute atomic E-state index is 12.9. The van der Waals surface area contributed by atoms with Crippen molar-refractivity contribution in [2.75, 3.05) is 0 Å². The number of hydrogen-bond donors (Lipinski definition) is 2. The highest BCUT2D eigenvalue weighted by atomic mass is 19.2. The fraction of sp³-hybridized carbons (Fsp3) is 0.308. The van der Waals surface area contributed by atoms with Gasteiger partial charge in [-0.25, -0.2) is 8.78 Å². The molecule has 0 saturated carbocycles. The molecule has 0 aliphatic carbocycles. The molecule has 0 radical (unpaired) electrons. The molecule has 0 unspecified atom stereocenters. The van der Waals surface area contributed by atoms with Gasteiger partial charge >= 0.3 is 5.97 Å². The fourth-order valence-corrected chi connectivity index (χ4v) is 1.42. The van der Waals surface area contributed by atoms with Crippen LogP contribution in [0.15, 0.2) is 18.2 Å². The second kappa shape index (κ2) is 6.74. The summed E-state index contributed by atoms with van der Waals surface area (Å²) in [5.74, 6) is -4.52. The summed E-state index contributed by atoms with van der Waals surface area (Å²) in [6, 6.07) is 1.66. The van der Waals surface area contributed by atoms with Crippen molar-refractivity contribution in [1.29, 1.82) is 0 Å². The van der Waals surface area contributed by atoms with Gasteiger partial charge in [0.15, 0.2) is 17.4 Å². The maximum Gasteiger partial charge on any atom is 0.325 e. The third-order valence-electron chi connectivity index (χ3n) is 2.57. The molecule has 1 atom stereocenters. The molecule has 7 heteroatoms. The van der Waals surface area contributed by atoms with E-state index in [1.54, 1.807) is 0 Å². The zero-order valence-electron chi connectivity index (χ0n) is 10.7. The molecule has 0 bridgehead atoms. The van der Waals surface area contributed by atoms with Crippen molar-refractivity contribution in [3.63, 3.8) is 0 Å². The Bertz CT molecular complexity index is 545. The lowest BCUT2D eigenvalue weighted by atomic mass is 10.1. The quantitative estimate of drug-likeness (QED) is 0.776. The van der Waals surface area contributed by atoms with Crippen LogP contribution >= 0.6 is 0 Å². The van der Waals surface area contributed by atoms with Gasteiger partial charge in [0.25, 0.3) is 0 Å². The Balaban J connectivity index is 2.53. The molecule has 0 spiro atoms. The van der Waals surface area contributed by atoms with Crippen molar-refractivity contribution in [3.8, 4) is 0 Å². The lowest BCUT2D eigenvalue weighted by Crippen LogP contribution is -2.38. The lowest BCUT2D eigenvalue weighted by molar-refractivity contribution is -0.141. The Morgan fingerprint density at radius 1 is 1.20 bits per heavy atom. The molecule has 0 aliphatic rings. The lowest BCUT2D eigenvalue weighted by Gasteiger charge is -2.08. The number of carbonyl (C=O) groups excluding carboxylic acids is 2.